The smallest absolute Gasteiger partial charge is 0.186 e. The van der Waals surface area contributed by atoms with E-state index in [2.05, 4.69) is 29.3 Å². The number of hydrogen-bond acceptors (Lipinski definition) is 6. The zero-order valence-electron chi connectivity index (χ0n) is 14.8. The summed E-state index contributed by atoms with van der Waals surface area (Å²) in [5, 5.41) is 2.13. The Bertz CT molecular complexity index is 638. The van der Waals surface area contributed by atoms with Gasteiger partial charge in [0.05, 0.1) is 18.2 Å². The van der Waals surface area contributed by atoms with E-state index in [9.17, 15) is 0 Å². The van der Waals surface area contributed by atoms with E-state index in [1.54, 1.807) is 7.11 Å². The number of hydrogen-bond donors (Lipinski definition) is 0. The van der Waals surface area contributed by atoms with E-state index in [1.807, 2.05) is 19.9 Å². The largest absolute Gasteiger partial charge is 0.353 e. The highest BCUT2D eigenvalue weighted by molar-refractivity contribution is 5.21. The Hall–Kier alpha value is -1.02. The maximum absolute atomic E-state index is 6.20. The molecule has 1 aromatic carbocycles. The molecule has 6 nitrogen and oxygen atoms in total. The van der Waals surface area contributed by atoms with Crippen LogP contribution in [0.2, 0.25) is 0 Å². The van der Waals surface area contributed by atoms with Crippen LogP contribution in [0.5, 0.6) is 0 Å². The van der Waals surface area contributed by atoms with Gasteiger partial charge in [-0.3, -0.25) is 4.84 Å². The van der Waals surface area contributed by atoms with E-state index in [0.29, 0.717) is 0 Å². The Kier molecular flexibility index (Phi) is 3.71. The fraction of sp³-hybridized carbons (Fsp3) is 0.684. The first-order valence-electron chi connectivity index (χ1n) is 9.10. The first kappa shape index (κ1) is 16.2. The van der Waals surface area contributed by atoms with E-state index >= 15 is 0 Å². The summed E-state index contributed by atoms with van der Waals surface area (Å²) in [5.41, 5.74) is 1.29. The third kappa shape index (κ3) is 2.55. The summed E-state index contributed by atoms with van der Waals surface area (Å²) in [4.78, 5) is 6.15. The van der Waals surface area contributed by atoms with Crippen LogP contribution in [0.25, 0.3) is 0 Å². The number of methoxy groups -OCH3 is 1. The summed E-state index contributed by atoms with van der Waals surface area (Å²) in [5.74, 6) is -0.610. The normalized spacial score (nSPS) is 47.3. The van der Waals surface area contributed by atoms with Crippen molar-refractivity contribution in [3.63, 3.8) is 0 Å². The van der Waals surface area contributed by atoms with Gasteiger partial charge in [0.25, 0.3) is 0 Å². The Morgan fingerprint density at radius 3 is 2.52 bits per heavy atom. The lowest BCUT2D eigenvalue weighted by Crippen LogP contribution is -2.47. The molecule has 6 heteroatoms. The van der Waals surface area contributed by atoms with Gasteiger partial charge in [0.2, 0.25) is 0 Å². The summed E-state index contributed by atoms with van der Waals surface area (Å²) in [6, 6.07) is 11.0. The fourth-order valence-electron chi connectivity index (χ4n) is 4.79. The maximum Gasteiger partial charge on any atom is 0.186 e. The molecule has 0 amide bonds. The molecule has 0 spiro atoms. The van der Waals surface area contributed by atoms with Crippen molar-refractivity contribution in [1.29, 1.82) is 0 Å². The van der Waals surface area contributed by atoms with Crippen LogP contribution in [0.3, 0.4) is 0 Å². The zero-order chi connectivity index (χ0) is 17.2. The SMILES string of the molecule is CO[C@@H]1O[C@H]([C@@H]2C[C@H]3C[C@H](c4ccccc4)N2O3)[C@H]2OC(C)(C)O[C@@H]12. The van der Waals surface area contributed by atoms with Gasteiger partial charge >= 0.3 is 0 Å². The van der Waals surface area contributed by atoms with Crippen LogP contribution in [0.1, 0.15) is 38.3 Å². The molecule has 1 unspecified atom stereocenters. The number of hydroxylamine groups is 2. The van der Waals surface area contributed by atoms with Crippen molar-refractivity contribution in [3.8, 4) is 0 Å². The van der Waals surface area contributed by atoms with Gasteiger partial charge in [0, 0.05) is 7.11 Å². The molecule has 136 valence electrons. The lowest BCUT2D eigenvalue weighted by Gasteiger charge is -2.35. The monoisotopic (exact) mass is 347 g/mol. The van der Waals surface area contributed by atoms with Crippen LogP contribution in [0, 0.1) is 0 Å². The molecule has 0 aromatic heterocycles. The first-order chi connectivity index (χ1) is 12.1. The molecule has 0 aliphatic carbocycles. The van der Waals surface area contributed by atoms with E-state index in [0.717, 1.165) is 12.8 Å². The predicted octanol–water partition coefficient (Wildman–Crippen LogP) is 2.40. The van der Waals surface area contributed by atoms with Crippen molar-refractivity contribution in [2.45, 2.75) is 75.3 Å². The fourth-order valence-corrected chi connectivity index (χ4v) is 4.79. The molecule has 8 atom stereocenters. The van der Waals surface area contributed by atoms with E-state index in [1.165, 1.54) is 5.56 Å². The van der Waals surface area contributed by atoms with E-state index < -0.39 is 12.1 Å². The minimum atomic E-state index is -0.610. The third-order valence-corrected chi connectivity index (χ3v) is 5.74. The van der Waals surface area contributed by atoms with E-state index in [4.69, 9.17) is 23.8 Å². The van der Waals surface area contributed by atoms with Gasteiger partial charge in [-0.2, -0.15) is 5.06 Å². The topological polar surface area (TPSA) is 49.4 Å². The van der Waals surface area contributed by atoms with Gasteiger partial charge in [-0.1, -0.05) is 30.3 Å². The van der Waals surface area contributed by atoms with Crippen LogP contribution >= 0.6 is 0 Å². The highest BCUT2D eigenvalue weighted by Gasteiger charge is 2.61. The Morgan fingerprint density at radius 2 is 1.80 bits per heavy atom. The average Bonchev–Trinajstić information content (AvgIpc) is 3.33. The number of rotatable bonds is 3. The second-order valence-electron chi connectivity index (χ2n) is 7.82. The molecule has 0 radical (unpaired) electrons. The average molecular weight is 347 g/mol. The lowest BCUT2D eigenvalue weighted by molar-refractivity contribution is -0.243. The van der Waals surface area contributed by atoms with Crippen molar-refractivity contribution >= 4 is 0 Å². The molecule has 4 heterocycles. The van der Waals surface area contributed by atoms with Crippen LogP contribution < -0.4 is 0 Å². The Morgan fingerprint density at radius 1 is 1.04 bits per heavy atom. The summed E-state index contributed by atoms with van der Waals surface area (Å²) in [7, 11) is 1.66. The zero-order valence-corrected chi connectivity index (χ0v) is 14.8. The molecule has 4 aliphatic rings. The van der Waals surface area contributed by atoms with Crippen molar-refractivity contribution in [2.75, 3.05) is 7.11 Å². The molecular weight excluding hydrogens is 322 g/mol. The molecule has 5 rings (SSSR count). The minimum absolute atomic E-state index is 0.117. The standard InChI is InChI=1S/C19H25NO5/c1-19(2)23-16-15(22-18(21-3)17(16)24-19)14-10-12-9-13(20(14)25-12)11-7-5-4-6-8-11/h4-8,12-18H,9-10H2,1-3H3/t12-,13-,14+,15-,16-,17-,18-/m1/s1. The molecule has 25 heavy (non-hydrogen) atoms. The Labute approximate surface area is 147 Å². The van der Waals surface area contributed by atoms with Crippen LogP contribution in [-0.4, -0.2) is 54.7 Å². The van der Waals surface area contributed by atoms with Crippen molar-refractivity contribution in [1.82, 2.24) is 5.06 Å². The van der Waals surface area contributed by atoms with Gasteiger partial charge in [-0.15, -0.1) is 0 Å². The van der Waals surface area contributed by atoms with Crippen LogP contribution in [-0.2, 0) is 23.8 Å². The van der Waals surface area contributed by atoms with Gasteiger partial charge in [-0.05, 0) is 32.3 Å². The van der Waals surface area contributed by atoms with Crippen molar-refractivity contribution < 1.29 is 23.8 Å². The minimum Gasteiger partial charge on any atom is -0.353 e. The van der Waals surface area contributed by atoms with Gasteiger partial charge in [-0.25, -0.2) is 0 Å². The second-order valence-corrected chi connectivity index (χ2v) is 7.82. The van der Waals surface area contributed by atoms with Crippen LogP contribution in [0.15, 0.2) is 30.3 Å². The molecule has 0 saturated carbocycles. The molecule has 1 aromatic rings. The van der Waals surface area contributed by atoms with Crippen molar-refractivity contribution in [2.24, 2.45) is 0 Å². The number of nitrogens with zero attached hydrogens (tertiary/aromatic N) is 1. The van der Waals surface area contributed by atoms with Gasteiger partial charge in [0.15, 0.2) is 12.1 Å². The summed E-state index contributed by atoms with van der Waals surface area (Å²) in [6.45, 7) is 3.89. The quantitative estimate of drug-likeness (QED) is 0.837. The lowest BCUT2D eigenvalue weighted by atomic mass is 9.89. The summed E-state index contributed by atoms with van der Waals surface area (Å²) < 4.78 is 23.9. The number of piperidine rings is 1. The Balaban J connectivity index is 1.40. The van der Waals surface area contributed by atoms with Gasteiger partial charge < -0.3 is 18.9 Å². The summed E-state index contributed by atoms with van der Waals surface area (Å²) >= 11 is 0. The summed E-state index contributed by atoms with van der Waals surface area (Å²) in [6.07, 6.45) is 1.38. The second kappa shape index (κ2) is 5.74. The highest BCUT2D eigenvalue weighted by atomic mass is 16.8. The molecule has 4 aliphatic heterocycles. The number of benzene rings is 1. The predicted molar refractivity (Wildman–Crippen MR) is 88.4 cm³/mol. The van der Waals surface area contributed by atoms with Crippen molar-refractivity contribution in [3.05, 3.63) is 35.9 Å². The maximum atomic E-state index is 6.20. The number of ether oxygens (including phenoxy) is 4. The van der Waals surface area contributed by atoms with Gasteiger partial charge in [0.1, 0.15) is 18.3 Å². The number of fused-ring (bicyclic) bond motifs is 3. The first-order valence-corrected chi connectivity index (χ1v) is 9.10. The molecular formula is C19H25NO5. The third-order valence-electron chi connectivity index (χ3n) is 5.74. The highest BCUT2D eigenvalue weighted by Crippen LogP contribution is 2.49. The molecule has 4 fully saturated rings. The van der Waals surface area contributed by atoms with Crippen LogP contribution in [0.4, 0.5) is 0 Å². The molecule has 0 N–H and O–H groups in total. The molecule has 2 bridgehead atoms. The van der Waals surface area contributed by atoms with E-state index in [-0.39, 0.29) is 36.5 Å². The molecule has 4 saturated heterocycles.